The third-order valence-corrected chi connectivity index (χ3v) is 10.3. The lowest BCUT2D eigenvalue weighted by molar-refractivity contribution is 0.417. The Kier molecular flexibility index (Phi) is 9.68. The van der Waals surface area contributed by atoms with Crippen LogP contribution in [0.1, 0.15) is 129 Å². The highest BCUT2D eigenvalue weighted by Crippen LogP contribution is 2.46. The smallest absolute Gasteiger partial charge is 0.131 e. The number of benzene rings is 4. The highest BCUT2D eigenvalue weighted by atomic mass is 16.5. The third-order valence-electron chi connectivity index (χ3n) is 10.3. The van der Waals surface area contributed by atoms with E-state index in [0.29, 0.717) is 17.8 Å². The molecule has 4 N–H and O–H groups in total. The molecule has 0 aromatic heterocycles. The Bertz CT molecular complexity index is 1460. The summed E-state index contributed by atoms with van der Waals surface area (Å²) in [6.45, 7) is 6.85. The lowest BCUT2D eigenvalue weighted by Gasteiger charge is -2.30. The molecule has 0 spiro atoms. The van der Waals surface area contributed by atoms with Crippen LogP contribution in [0.5, 0.6) is 23.0 Å². The van der Waals surface area contributed by atoms with E-state index < -0.39 is 0 Å². The van der Waals surface area contributed by atoms with Gasteiger partial charge in [0.1, 0.15) is 23.0 Å². The fraction of sp³-hybridized carbons (Fsp3) is 0.415. The molecule has 0 radical (unpaired) electrons. The van der Waals surface area contributed by atoms with Crippen molar-refractivity contribution in [3.63, 3.8) is 0 Å². The monoisotopic (exact) mass is 602 g/mol. The maximum atomic E-state index is 6.59. The fourth-order valence-electron chi connectivity index (χ4n) is 7.76. The van der Waals surface area contributed by atoms with Crippen LogP contribution in [0.2, 0.25) is 0 Å². The molecule has 0 amide bonds. The Hall–Kier alpha value is -3.92. The molecular formula is C41H50N2O2. The van der Waals surface area contributed by atoms with Crippen LogP contribution in [0.25, 0.3) is 0 Å². The van der Waals surface area contributed by atoms with E-state index in [1.54, 1.807) is 0 Å². The van der Waals surface area contributed by atoms with Crippen molar-refractivity contribution in [2.75, 3.05) is 11.5 Å². The van der Waals surface area contributed by atoms with Gasteiger partial charge in [0.05, 0.1) is 0 Å². The van der Waals surface area contributed by atoms with Gasteiger partial charge in [0.25, 0.3) is 0 Å². The van der Waals surface area contributed by atoms with E-state index in [1.807, 2.05) is 48.5 Å². The summed E-state index contributed by atoms with van der Waals surface area (Å²) in [5.41, 5.74) is 21.6. The van der Waals surface area contributed by atoms with Gasteiger partial charge in [-0.1, -0.05) is 57.6 Å². The van der Waals surface area contributed by atoms with Crippen molar-refractivity contribution in [2.24, 2.45) is 0 Å². The van der Waals surface area contributed by atoms with Gasteiger partial charge in [-0.2, -0.15) is 0 Å². The van der Waals surface area contributed by atoms with E-state index in [1.165, 1.54) is 97.6 Å². The van der Waals surface area contributed by atoms with E-state index in [0.717, 1.165) is 40.8 Å². The second-order valence-electron chi connectivity index (χ2n) is 13.5. The van der Waals surface area contributed by atoms with Gasteiger partial charge in [0.2, 0.25) is 0 Å². The summed E-state index contributed by atoms with van der Waals surface area (Å²) < 4.78 is 13.2. The quantitative estimate of drug-likeness (QED) is 0.187. The van der Waals surface area contributed by atoms with Crippen molar-refractivity contribution in [2.45, 2.75) is 109 Å². The number of ether oxygens (including phenoxy) is 2. The van der Waals surface area contributed by atoms with E-state index in [-0.39, 0.29) is 0 Å². The zero-order valence-corrected chi connectivity index (χ0v) is 27.4. The molecule has 0 aliphatic heterocycles. The molecule has 4 nitrogen and oxygen atoms in total. The third kappa shape index (κ3) is 7.16. The molecule has 4 heteroatoms. The van der Waals surface area contributed by atoms with Crippen LogP contribution < -0.4 is 20.9 Å². The molecule has 236 valence electrons. The number of nitrogens with two attached hydrogens (primary N) is 2. The minimum Gasteiger partial charge on any atom is -0.457 e. The molecule has 2 saturated carbocycles. The molecule has 2 aliphatic rings. The SMILES string of the molecule is CCC(c1cc(C2CCCCC2)c(Oc2ccc(N)cc2)cc1C)c1cc(C2CCCCC2)c(Oc2ccc(N)cc2)cc1C. The van der Waals surface area contributed by atoms with Crippen molar-refractivity contribution < 1.29 is 9.47 Å². The average Bonchev–Trinajstić information content (AvgIpc) is 3.06. The lowest BCUT2D eigenvalue weighted by Crippen LogP contribution is -2.12. The molecule has 0 bridgehead atoms. The van der Waals surface area contributed by atoms with Crippen molar-refractivity contribution in [1.29, 1.82) is 0 Å². The van der Waals surface area contributed by atoms with Crippen molar-refractivity contribution >= 4 is 11.4 Å². The summed E-state index contributed by atoms with van der Waals surface area (Å²) in [7, 11) is 0. The maximum absolute atomic E-state index is 6.59. The predicted molar refractivity (Wildman–Crippen MR) is 188 cm³/mol. The molecule has 4 aromatic rings. The standard InChI is InChI=1S/C41H50N2O2/c1-4-35(36-25-38(29-11-7-5-8-12-29)40(23-27(36)2)44-33-19-15-31(42)16-20-33)37-26-39(30-13-9-6-10-14-30)41(24-28(37)3)45-34-21-17-32(43)18-22-34/h15-26,29-30,35H,4-14,42-43H2,1-3H3. The number of anilines is 2. The summed E-state index contributed by atoms with van der Waals surface area (Å²) in [4.78, 5) is 0. The zero-order valence-electron chi connectivity index (χ0n) is 27.4. The largest absolute Gasteiger partial charge is 0.457 e. The summed E-state index contributed by atoms with van der Waals surface area (Å²) in [5, 5.41) is 0. The first-order valence-electron chi connectivity index (χ1n) is 17.2. The second kappa shape index (κ2) is 14.0. The topological polar surface area (TPSA) is 70.5 Å². The highest BCUT2D eigenvalue weighted by molar-refractivity contribution is 5.54. The Labute approximate surface area is 270 Å². The molecule has 0 unspecified atom stereocenters. The first-order chi connectivity index (χ1) is 21.9. The van der Waals surface area contributed by atoms with Crippen LogP contribution in [0.3, 0.4) is 0 Å². The van der Waals surface area contributed by atoms with Crippen LogP contribution in [0.4, 0.5) is 11.4 Å². The van der Waals surface area contributed by atoms with Gasteiger partial charge in [-0.3, -0.25) is 0 Å². The molecule has 45 heavy (non-hydrogen) atoms. The summed E-state index contributed by atoms with van der Waals surface area (Å²) in [6, 6.07) is 25.2. The molecule has 0 atom stereocenters. The molecule has 0 heterocycles. The zero-order chi connectivity index (χ0) is 31.3. The van der Waals surface area contributed by atoms with Gasteiger partial charge in [0, 0.05) is 17.3 Å². The molecule has 4 aromatic carbocycles. The lowest BCUT2D eigenvalue weighted by atomic mass is 9.77. The van der Waals surface area contributed by atoms with Crippen molar-refractivity contribution in [1.82, 2.24) is 0 Å². The molecule has 2 fully saturated rings. The molecule has 2 aliphatic carbocycles. The second-order valence-corrected chi connectivity index (χ2v) is 13.5. The molecular weight excluding hydrogens is 552 g/mol. The average molecular weight is 603 g/mol. The van der Waals surface area contributed by atoms with E-state index in [2.05, 4.69) is 45.0 Å². The van der Waals surface area contributed by atoms with Crippen LogP contribution in [0, 0.1) is 13.8 Å². The summed E-state index contributed by atoms with van der Waals surface area (Å²) in [6.07, 6.45) is 13.7. The number of nitrogen functional groups attached to an aromatic ring is 2. The van der Waals surface area contributed by atoms with E-state index in [4.69, 9.17) is 20.9 Å². The van der Waals surface area contributed by atoms with E-state index in [9.17, 15) is 0 Å². The Morgan fingerprint density at radius 3 is 1.31 bits per heavy atom. The summed E-state index contributed by atoms with van der Waals surface area (Å²) >= 11 is 0. The van der Waals surface area contributed by atoms with Gasteiger partial charge < -0.3 is 20.9 Å². The van der Waals surface area contributed by atoms with E-state index >= 15 is 0 Å². The normalized spacial score (nSPS) is 16.2. The van der Waals surface area contributed by atoms with Crippen molar-refractivity contribution in [3.05, 3.63) is 106 Å². The van der Waals surface area contributed by atoms with Gasteiger partial charge in [-0.15, -0.1) is 0 Å². The number of aryl methyl sites for hydroxylation is 2. The van der Waals surface area contributed by atoms with Crippen LogP contribution in [0.15, 0.2) is 72.8 Å². The fourth-order valence-corrected chi connectivity index (χ4v) is 7.76. The first-order valence-corrected chi connectivity index (χ1v) is 17.2. The van der Waals surface area contributed by atoms with Gasteiger partial charge >= 0.3 is 0 Å². The number of hydrogen-bond donors (Lipinski definition) is 2. The van der Waals surface area contributed by atoms with Crippen LogP contribution in [-0.2, 0) is 0 Å². The predicted octanol–water partition coefficient (Wildman–Crippen LogP) is 11.7. The minimum absolute atomic E-state index is 0.297. The Morgan fingerprint density at radius 2 is 0.956 bits per heavy atom. The maximum Gasteiger partial charge on any atom is 0.131 e. The highest BCUT2D eigenvalue weighted by Gasteiger charge is 2.27. The summed E-state index contributed by atoms with van der Waals surface area (Å²) in [5.74, 6) is 5.01. The minimum atomic E-state index is 0.297. The van der Waals surface area contributed by atoms with Gasteiger partial charge in [-0.25, -0.2) is 0 Å². The Balaban J connectivity index is 1.41. The Morgan fingerprint density at radius 1 is 0.578 bits per heavy atom. The van der Waals surface area contributed by atoms with Gasteiger partial charge in [-0.05, 0) is 152 Å². The molecule has 6 rings (SSSR count). The van der Waals surface area contributed by atoms with Crippen LogP contribution in [-0.4, -0.2) is 0 Å². The number of rotatable bonds is 9. The van der Waals surface area contributed by atoms with Crippen molar-refractivity contribution in [3.8, 4) is 23.0 Å². The number of hydrogen-bond acceptors (Lipinski definition) is 4. The first kappa shape index (κ1) is 31.1. The molecule has 0 saturated heterocycles. The van der Waals surface area contributed by atoms with Gasteiger partial charge in [0.15, 0.2) is 0 Å². The van der Waals surface area contributed by atoms with Crippen LogP contribution >= 0.6 is 0 Å².